The molecule has 0 atom stereocenters. The summed E-state index contributed by atoms with van der Waals surface area (Å²) in [4.78, 5) is 32.6. The predicted octanol–water partition coefficient (Wildman–Crippen LogP) is 5.47. The number of benzene rings is 2. The number of amides is 2. The van der Waals surface area contributed by atoms with Gasteiger partial charge in [-0.05, 0) is 46.3 Å². The van der Waals surface area contributed by atoms with Crippen molar-refractivity contribution in [3.05, 3.63) is 70.6 Å². The fraction of sp³-hybridized carbons (Fsp3) is 0.208. The Morgan fingerprint density at radius 2 is 1.97 bits per heavy atom. The number of thiophene rings is 1. The van der Waals surface area contributed by atoms with Crippen molar-refractivity contribution in [2.24, 2.45) is 10.9 Å². The van der Waals surface area contributed by atoms with Crippen LogP contribution in [0.4, 0.5) is 5.69 Å². The van der Waals surface area contributed by atoms with Crippen molar-refractivity contribution in [2.45, 2.75) is 13.8 Å². The van der Waals surface area contributed by atoms with Crippen molar-refractivity contribution in [3.8, 4) is 0 Å². The van der Waals surface area contributed by atoms with E-state index >= 15 is 0 Å². The predicted molar refractivity (Wildman–Crippen MR) is 131 cm³/mol. The number of aliphatic imine (C=N–C) groups is 1. The molecule has 0 fully saturated rings. The molecule has 2 heterocycles. The first kappa shape index (κ1) is 21.3. The summed E-state index contributed by atoms with van der Waals surface area (Å²) in [6.45, 7) is 4.69. The third-order valence-corrected chi connectivity index (χ3v) is 6.44. The number of carbonyl (C=O) groups excluding carboxylic acids is 2. The minimum Gasteiger partial charge on any atom is -0.325 e. The van der Waals surface area contributed by atoms with E-state index in [1.807, 2.05) is 66.1 Å². The molecule has 0 unspecified atom stereocenters. The highest BCUT2D eigenvalue weighted by atomic mass is 32.2. The average Bonchev–Trinajstić information content (AvgIpc) is 3.36. The largest absolute Gasteiger partial charge is 0.325 e. The summed E-state index contributed by atoms with van der Waals surface area (Å²) in [5, 5.41) is 7.69. The van der Waals surface area contributed by atoms with Gasteiger partial charge in [0.1, 0.15) is 5.70 Å². The van der Waals surface area contributed by atoms with Crippen molar-refractivity contribution in [1.29, 1.82) is 0 Å². The molecule has 0 aliphatic carbocycles. The van der Waals surface area contributed by atoms with E-state index in [1.165, 1.54) is 11.8 Å². The molecular weight excluding hydrogens is 426 g/mol. The second-order valence-electron chi connectivity index (χ2n) is 7.65. The van der Waals surface area contributed by atoms with Crippen LogP contribution in [0, 0.1) is 5.92 Å². The molecule has 0 bridgehead atoms. The van der Waals surface area contributed by atoms with E-state index in [9.17, 15) is 9.59 Å². The van der Waals surface area contributed by atoms with Crippen LogP contribution in [0.2, 0.25) is 0 Å². The standard InChI is InChI=1S/C24H23N3O2S2/c1-16(2)14-27-23(29)21(13-20-8-5-11-30-20)26-24(27)31-15-22(28)25-19-10-9-17-6-3-4-7-18(17)12-19/h3-13,16H,14-15H2,1-2H3,(H,25,28)/b21-13+. The number of rotatable bonds is 6. The average molecular weight is 450 g/mol. The van der Waals surface area contributed by atoms with E-state index in [0.717, 1.165) is 21.3 Å². The first-order valence-corrected chi connectivity index (χ1v) is 11.9. The molecule has 5 nitrogen and oxygen atoms in total. The molecule has 0 saturated carbocycles. The number of hydrogen-bond donors (Lipinski definition) is 1. The van der Waals surface area contributed by atoms with Crippen LogP contribution in [-0.4, -0.2) is 34.2 Å². The Labute approximate surface area is 189 Å². The van der Waals surface area contributed by atoms with Gasteiger partial charge >= 0.3 is 0 Å². The zero-order chi connectivity index (χ0) is 21.8. The van der Waals surface area contributed by atoms with Crippen LogP contribution >= 0.6 is 23.1 Å². The quantitative estimate of drug-likeness (QED) is 0.508. The van der Waals surface area contributed by atoms with Crippen molar-refractivity contribution in [3.63, 3.8) is 0 Å². The summed E-state index contributed by atoms with van der Waals surface area (Å²) in [5.41, 5.74) is 1.17. The Kier molecular flexibility index (Phi) is 6.53. The van der Waals surface area contributed by atoms with Gasteiger partial charge < -0.3 is 5.32 Å². The number of nitrogens with zero attached hydrogens (tertiary/aromatic N) is 2. The van der Waals surface area contributed by atoms with E-state index in [0.29, 0.717) is 23.3 Å². The lowest BCUT2D eigenvalue weighted by molar-refractivity contribution is -0.122. The van der Waals surface area contributed by atoms with Crippen LogP contribution in [0.15, 0.2) is 70.7 Å². The van der Waals surface area contributed by atoms with Crippen molar-refractivity contribution in [2.75, 3.05) is 17.6 Å². The summed E-state index contributed by atoms with van der Waals surface area (Å²) in [5.74, 6) is 0.234. The van der Waals surface area contributed by atoms with Gasteiger partial charge in [0.2, 0.25) is 5.91 Å². The molecule has 158 valence electrons. The summed E-state index contributed by atoms with van der Waals surface area (Å²) in [6, 6.07) is 17.8. The Bertz CT molecular complexity index is 1170. The molecule has 31 heavy (non-hydrogen) atoms. The van der Waals surface area contributed by atoms with Gasteiger partial charge in [-0.1, -0.05) is 62.0 Å². The molecule has 2 aromatic carbocycles. The number of amidine groups is 1. The molecule has 4 rings (SSSR count). The van der Waals surface area contributed by atoms with E-state index < -0.39 is 0 Å². The molecule has 7 heteroatoms. The second-order valence-corrected chi connectivity index (χ2v) is 9.57. The molecule has 1 aliphatic heterocycles. The summed E-state index contributed by atoms with van der Waals surface area (Å²) in [6.07, 6.45) is 1.81. The molecule has 3 aromatic rings. The summed E-state index contributed by atoms with van der Waals surface area (Å²) < 4.78 is 0. The normalized spacial score (nSPS) is 15.2. The van der Waals surface area contributed by atoms with E-state index in [4.69, 9.17) is 0 Å². The lowest BCUT2D eigenvalue weighted by Crippen LogP contribution is -2.34. The van der Waals surface area contributed by atoms with Crippen LogP contribution in [0.25, 0.3) is 16.8 Å². The van der Waals surface area contributed by atoms with Crippen molar-refractivity contribution < 1.29 is 9.59 Å². The SMILES string of the molecule is CC(C)CN1C(=O)/C(=C\c2cccs2)N=C1SCC(=O)Nc1ccc2ccccc2c1. The number of fused-ring (bicyclic) bond motifs is 1. The van der Waals surface area contributed by atoms with Crippen LogP contribution < -0.4 is 5.32 Å². The fourth-order valence-electron chi connectivity index (χ4n) is 3.27. The fourth-order valence-corrected chi connectivity index (χ4v) is 4.73. The first-order valence-electron chi connectivity index (χ1n) is 10.1. The highest BCUT2D eigenvalue weighted by Crippen LogP contribution is 2.26. The third-order valence-electron chi connectivity index (χ3n) is 4.65. The Morgan fingerprint density at radius 1 is 1.16 bits per heavy atom. The van der Waals surface area contributed by atoms with E-state index in [2.05, 4.69) is 24.2 Å². The third kappa shape index (κ3) is 5.24. The maximum Gasteiger partial charge on any atom is 0.278 e. The maximum atomic E-state index is 12.9. The molecule has 1 aromatic heterocycles. The minimum atomic E-state index is -0.129. The molecule has 2 amide bonds. The topological polar surface area (TPSA) is 61.8 Å². The second kappa shape index (κ2) is 9.49. The zero-order valence-electron chi connectivity index (χ0n) is 17.4. The van der Waals surface area contributed by atoms with Crippen LogP contribution in [0.1, 0.15) is 18.7 Å². The number of anilines is 1. The van der Waals surface area contributed by atoms with E-state index in [1.54, 1.807) is 16.2 Å². The summed E-state index contributed by atoms with van der Waals surface area (Å²) in [7, 11) is 0. The van der Waals surface area contributed by atoms with Gasteiger partial charge in [0, 0.05) is 17.1 Å². The number of hydrogen-bond acceptors (Lipinski definition) is 5. The lowest BCUT2D eigenvalue weighted by atomic mass is 10.1. The first-order chi connectivity index (χ1) is 15.0. The Morgan fingerprint density at radius 3 is 2.71 bits per heavy atom. The smallest absolute Gasteiger partial charge is 0.278 e. The molecular formula is C24H23N3O2S2. The van der Waals surface area contributed by atoms with Gasteiger partial charge in [-0.15, -0.1) is 11.3 Å². The summed E-state index contributed by atoms with van der Waals surface area (Å²) >= 11 is 2.85. The monoisotopic (exact) mass is 449 g/mol. The molecule has 1 N–H and O–H groups in total. The highest BCUT2D eigenvalue weighted by Gasteiger charge is 2.31. The Hall–Kier alpha value is -2.90. The van der Waals surface area contributed by atoms with Gasteiger partial charge in [0.05, 0.1) is 5.75 Å². The molecule has 1 aliphatic rings. The minimum absolute atomic E-state index is 0.112. The lowest BCUT2D eigenvalue weighted by Gasteiger charge is -2.19. The number of carbonyl (C=O) groups is 2. The van der Waals surface area contributed by atoms with Crippen LogP contribution in [0.5, 0.6) is 0 Å². The van der Waals surface area contributed by atoms with Gasteiger partial charge in [0.15, 0.2) is 5.17 Å². The Balaban J connectivity index is 1.45. The number of thioether (sulfide) groups is 1. The highest BCUT2D eigenvalue weighted by molar-refractivity contribution is 8.14. The van der Waals surface area contributed by atoms with Gasteiger partial charge in [-0.2, -0.15) is 0 Å². The van der Waals surface area contributed by atoms with Crippen molar-refractivity contribution >= 4 is 62.6 Å². The van der Waals surface area contributed by atoms with Gasteiger partial charge in [-0.25, -0.2) is 4.99 Å². The van der Waals surface area contributed by atoms with Gasteiger partial charge in [-0.3, -0.25) is 14.5 Å². The maximum absolute atomic E-state index is 12.9. The van der Waals surface area contributed by atoms with Gasteiger partial charge in [0.25, 0.3) is 5.91 Å². The van der Waals surface area contributed by atoms with E-state index in [-0.39, 0.29) is 17.6 Å². The van der Waals surface area contributed by atoms with Crippen LogP contribution in [-0.2, 0) is 9.59 Å². The zero-order valence-corrected chi connectivity index (χ0v) is 19.0. The number of nitrogens with one attached hydrogen (secondary N) is 1. The molecule has 0 saturated heterocycles. The molecule has 0 radical (unpaired) electrons. The van der Waals surface area contributed by atoms with Crippen LogP contribution in [0.3, 0.4) is 0 Å². The molecule has 0 spiro atoms. The van der Waals surface area contributed by atoms with Crippen molar-refractivity contribution in [1.82, 2.24) is 4.90 Å².